The Labute approximate surface area is 89.8 Å². The van der Waals surface area contributed by atoms with Crippen molar-refractivity contribution in [1.82, 2.24) is 10.7 Å². The highest BCUT2D eigenvalue weighted by Crippen LogP contribution is 2.22. The molecule has 3 nitrogen and oxygen atoms in total. The van der Waals surface area contributed by atoms with Crippen LogP contribution in [0.3, 0.4) is 0 Å². The number of hydrazine groups is 1. The van der Waals surface area contributed by atoms with E-state index in [0.29, 0.717) is 6.67 Å². The molecule has 0 aliphatic heterocycles. The second-order valence-electron chi connectivity index (χ2n) is 4.20. The van der Waals surface area contributed by atoms with Crippen molar-refractivity contribution in [1.29, 1.82) is 0 Å². The lowest BCUT2D eigenvalue weighted by atomic mass is 9.85. The molecule has 0 radical (unpaired) electrons. The molecule has 4 heteroatoms. The molecule has 0 saturated heterocycles. The largest absolute Gasteiger partial charge is 0.303 e. The number of hydrogen-bond donors (Lipinski definition) is 3. The highest BCUT2D eigenvalue weighted by Gasteiger charge is 2.19. The fourth-order valence-corrected chi connectivity index (χ4v) is 1.45. The van der Waals surface area contributed by atoms with E-state index in [-0.39, 0.29) is 11.2 Å². The van der Waals surface area contributed by atoms with Gasteiger partial charge in [-0.2, -0.15) is 0 Å². The van der Waals surface area contributed by atoms with Gasteiger partial charge in [-0.25, -0.2) is 9.82 Å². The van der Waals surface area contributed by atoms with Gasteiger partial charge in [0.15, 0.2) is 0 Å². The summed E-state index contributed by atoms with van der Waals surface area (Å²) in [4.78, 5) is 0. The zero-order chi connectivity index (χ0) is 11.3. The Morgan fingerprint density at radius 1 is 1.27 bits per heavy atom. The average molecular weight is 211 g/mol. The number of rotatable bonds is 5. The summed E-state index contributed by atoms with van der Waals surface area (Å²) in [5, 5.41) is 3.16. The average Bonchev–Trinajstić information content (AvgIpc) is 2.18. The van der Waals surface area contributed by atoms with Crippen molar-refractivity contribution < 1.29 is 4.39 Å². The molecule has 0 unspecified atom stereocenters. The van der Waals surface area contributed by atoms with Gasteiger partial charge in [-0.3, -0.25) is 5.84 Å². The van der Waals surface area contributed by atoms with Gasteiger partial charge in [0.05, 0.1) is 6.67 Å². The van der Waals surface area contributed by atoms with Gasteiger partial charge in [-0.15, -0.1) is 0 Å². The van der Waals surface area contributed by atoms with E-state index < -0.39 is 0 Å². The minimum Gasteiger partial charge on any atom is -0.303 e. The van der Waals surface area contributed by atoms with E-state index >= 15 is 0 Å². The summed E-state index contributed by atoms with van der Waals surface area (Å²) in [7, 11) is 0. The van der Waals surface area contributed by atoms with Crippen LogP contribution in [0.2, 0.25) is 0 Å². The summed E-state index contributed by atoms with van der Waals surface area (Å²) in [6, 6.07) is 6.59. The number of nitrogens with one attached hydrogen (secondary N) is 2. The summed E-state index contributed by atoms with van der Waals surface area (Å²) >= 11 is 0. The lowest BCUT2D eigenvalue weighted by Gasteiger charge is -2.25. The van der Waals surface area contributed by atoms with Gasteiger partial charge < -0.3 is 5.32 Å². The minimum atomic E-state index is -0.203. The molecule has 84 valence electrons. The van der Waals surface area contributed by atoms with Crippen LogP contribution in [0.4, 0.5) is 4.39 Å². The lowest BCUT2D eigenvalue weighted by molar-refractivity contribution is 0.454. The smallest absolute Gasteiger partial charge is 0.123 e. The lowest BCUT2D eigenvalue weighted by Crippen LogP contribution is -2.40. The second-order valence-corrected chi connectivity index (χ2v) is 4.20. The van der Waals surface area contributed by atoms with E-state index in [1.807, 2.05) is 12.1 Å². The first kappa shape index (κ1) is 12.1. The Kier molecular flexibility index (Phi) is 4.20. The maximum absolute atomic E-state index is 12.7. The predicted octanol–water partition coefficient (Wildman–Crippen LogP) is 1.11. The molecular weight excluding hydrogens is 193 g/mol. The van der Waals surface area contributed by atoms with Gasteiger partial charge in [0.1, 0.15) is 5.82 Å². The quantitative estimate of drug-likeness (QED) is 0.296. The molecule has 1 aromatic rings. The van der Waals surface area contributed by atoms with Crippen LogP contribution in [0, 0.1) is 5.82 Å². The van der Waals surface area contributed by atoms with Crippen molar-refractivity contribution in [3.05, 3.63) is 35.6 Å². The maximum Gasteiger partial charge on any atom is 0.123 e. The summed E-state index contributed by atoms with van der Waals surface area (Å²) in [5.41, 5.74) is 3.60. The van der Waals surface area contributed by atoms with Gasteiger partial charge in [-0.1, -0.05) is 26.0 Å². The van der Waals surface area contributed by atoms with Gasteiger partial charge >= 0.3 is 0 Å². The molecule has 0 fully saturated rings. The molecule has 15 heavy (non-hydrogen) atoms. The van der Waals surface area contributed by atoms with Crippen LogP contribution in [0.5, 0.6) is 0 Å². The topological polar surface area (TPSA) is 50.1 Å². The van der Waals surface area contributed by atoms with E-state index in [1.165, 1.54) is 12.1 Å². The molecular formula is C11H18FN3. The number of nitrogens with two attached hydrogens (primary N) is 1. The molecule has 0 bridgehead atoms. The molecule has 0 aromatic heterocycles. The Morgan fingerprint density at radius 2 is 1.87 bits per heavy atom. The molecule has 0 heterocycles. The molecule has 0 spiro atoms. The molecule has 1 aromatic carbocycles. The third-order valence-electron chi connectivity index (χ3n) is 2.42. The monoisotopic (exact) mass is 211 g/mol. The molecule has 1 rings (SSSR count). The van der Waals surface area contributed by atoms with Crippen LogP contribution in [0.25, 0.3) is 0 Å². The van der Waals surface area contributed by atoms with Gasteiger partial charge in [-0.05, 0) is 17.7 Å². The number of benzene rings is 1. The van der Waals surface area contributed by atoms with Crippen molar-refractivity contribution in [2.24, 2.45) is 5.84 Å². The molecule has 0 aliphatic carbocycles. The van der Waals surface area contributed by atoms with Gasteiger partial charge in [0.2, 0.25) is 0 Å². The van der Waals surface area contributed by atoms with Crippen LogP contribution in [-0.4, -0.2) is 13.2 Å². The summed E-state index contributed by atoms with van der Waals surface area (Å²) in [5.74, 6) is 4.95. The van der Waals surface area contributed by atoms with Crippen molar-refractivity contribution in [2.75, 3.05) is 13.2 Å². The normalized spacial score (nSPS) is 11.7. The summed E-state index contributed by atoms with van der Waals surface area (Å²) in [6.07, 6.45) is 0. The van der Waals surface area contributed by atoms with E-state index in [9.17, 15) is 4.39 Å². The van der Waals surface area contributed by atoms with Crippen molar-refractivity contribution in [2.45, 2.75) is 19.3 Å². The summed E-state index contributed by atoms with van der Waals surface area (Å²) in [6.45, 7) is 5.54. The Hall–Kier alpha value is -0.970. The number of halogens is 1. The predicted molar refractivity (Wildman–Crippen MR) is 59.6 cm³/mol. The molecule has 4 N–H and O–H groups in total. The zero-order valence-corrected chi connectivity index (χ0v) is 9.18. The van der Waals surface area contributed by atoms with Crippen molar-refractivity contribution in [3.8, 4) is 0 Å². The maximum atomic E-state index is 12.7. The zero-order valence-electron chi connectivity index (χ0n) is 9.18. The standard InChI is InChI=1S/C11H18FN3/c1-11(2,7-14-8-15-13)9-3-5-10(12)6-4-9/h3-6,14-15H,7-8,13H2,1-2H3. The fraction of sp³-hybridized carbons (Fsp3) is 0.455. The van der Waals surface area contributed by atoms with Crippen molar-refractivity contribution >= 4 is 0 Å². The first-order valence-electron chi connectivity index (χ1n) is 4.96. The first-order chi connectivity index (χ1) is 7.06. The van der Waals surface area contributed by atoms with E-state index in [4.69, 9.17) is 5.84 Å². The minimum absolute atomic E-state index is 0.0372. The van der Waals surface area contributed by atoms with E-state index in [0.717, 1.165) is 12.1 Å². The first-order valence-corrected chi connectivity index (χ1v) is 4.96. The fourth-order valence-electron chi connectivity index (χ4n) is 1.45. The van der Waals surface area contributed by atoms with E-state index in [1.54, 1.807) is 0 Å². The van der Waals surface area contributed by atoms with Crippen LogP contribution in [-0.2, 0) is 5.41 Å². The molecule has 0 aliphatic rings. The highest BCUT2D eigenvalue weighted by atomic mass is 19.1. The highest BCUT2D eigenvalue weighted by molar-refractivity contribution is 5.24. The Morgan fingerprint density at radius 3 is 2.40 bits per heavy atom. The van der Waals surface area contributed by atoms with Crippen LogP contribution in [0.15, 0.2) is 24.3 Å². The van der Waals surface area contributed by atoms with Crippen LogP contribution >= 0.6 is 0 Å². The van der Waals surface area contributed by atoms with Crippen LogP contribution in [0.1, 0.15) is 19.4 Å². The third kappa shape index (κ3) is 3.58. The SMILES string of the molecule is CC(C)(CNCNN)c1ccc(F)cc1. The summed E-state index contributed by atoms with van der Waals surface area (Å²) < 4.78 is 12.7. The number of hydrogen-bond acceptors (Lipinski definition) is 3. The van der Waals surface area contributed by atoms with Gasteiger partial charge in [0, 0.05) is 12.0 Å². The van der Waals surface area contributed by atoms with Crippen molar-refractivity contribution in [3.63, 3.8) is 0 Å². The molecule has 0 saturated carbocycles. The molecule has 0 atom stereocenters. The second kappa shape index (κ2) is 5.21. The molecule has 0 amide bonds. The van der Waals surface area contributed by atoms with Crippen LogP contribution < -0.4 is 16.6 Å². The van der Waals surface area contributed by atoms with Gasteiger partial charge in [0.25, 0.3) is 0 Å². The van der Waals surface area contributed by atoms with E-state index in [2.05, 4.69) is 24.6 Å². The Bertz CT molecular complexity index is 295. The Balaban J connectivity index is 2.63. The third-order valence-corrected chi connectivity index (χ3v) is 2.42.